The van der Waals surface area contributed by atoms with Gasteiger partial charge in [0.1, 0.15) is 0 Å². The van der Waals surface area contributed by atoms with E-state index < -0.39 is 10.8 Å². The highest BCUT2D eigenvalue weighted by Gasteiger charge is 2.48. The highest BCUT2D eigenvalue weighted by molar-refractivity contribution is 7.25. The van der Waals surface area contributed by atoms with Gasteiger partial charge in [0.2, 0.25) is 0 Å². The Balaban J connectivity index is 0.979. The van der Waals surface area contributed by atoms with Gasteiger partial charge in [-0.1, -0.05) is 218 Å². The normalized spacial score (nSPS) is 13.7. The summed E-state index contributed by atoms with van der Waals surface area (Å²) < 4.78 is 5.02. The third-order valence-electron chi connectivity index (χ3n) is 16.9. The van der Waals surface area contributed by atoms with E-state index in [4.69, 9.17) is 0 Å². The van der Waals surface area contributed by atoms with Crippen LogP contribution in [0.2, 0.25) is 0 Å². The van der Waals surface area contributed by atoms with E-state index >= 15 is 0 Å². The SMILES string of the molecule is c1ccc(-n2c3ccc(N(c4ccc5c(c4)C(c4ccccc4)(c4ccccc4)c4ccccc4-5)c4ccc5c(c4)sc4ccccc45)cc3c3cc(C4(c5ccccc5)c5ccccc5-c5ccccc54)ccc32)cc1. The van der Waals surface area contributed by atoms with Crippen molar-refractivity contribution in [3.8, 4) is 27.9 Å². The van der Waals surface area contributed by atoms with Crippen LogP contribution in [0.15, 0.2) is 291 Å². The average molecular weight is 997 g/mol. The molecule has 0 N–H and O–H groups in total. The Morgan fingerprint density at radius 1 is 0.273 bits per heavy atom. The number of nitrogens with zero attached hydrogens (tertiary/aromatic N) is 2. The summed E-state index contributed by atoms with van der Waals surface area (Å²) in [5.74, 6) is 0. The molecule has 0 atom stereocenters. The largest absolute Gasteiger partial charge is 0.310 e. The van der Waals surface area contributed by atoms with Gasteiger partial charge in [0.05, 0.1) is 21.9 Å². The molecule has 0 aliphatic heterocycles. The molecule has 2 aliphatic carbocycles. The first kappa shape index (κ1) is 43.8. The van der Waals surface area contributed by atoms with Crippen molar-refractivity contribution < 1.29 is 0 Å². The van der Waals surface area contributed by atoms with Gasteiger partial charge in [-0.3, -0.25) is 0 Å². The Morgan fingerprint density at radius 3 is 1.31 bits per heavy atom. The summed E-state index contributed by atoms with van der Waals surface area (Å²) in [6.07, 6.45) is 0. The number of para-hydroxylation sites is 1. The summed E-state index contributed by atoms with van der Waals surface area (Å²) >= 11 is 1.87. The van der Waals surface area contributed by atoms with Crippen LogP contribution in [-0.2, 0) is 10.8 Å². The standard InChI is InChI=1S/C74H48N2S/c1-5-21-49(22-6-1)73(50-23-7-2-8-24-50)65-33-17-15-31-59(65)60-41-38-55(47-68(60)73)75(56-39-42-62-61-32-16-20-36-71(61)77-72(62)48-56)54-40-44-70-64(46-54)63-45-52(37-43-69(63)76(70)53-27-11-4-12-28-53)74(51-25-9-3-10-26-51)66-34-18-13-29-57(66)58-30-14-19-35-67(58)74/h1-48H. The molecule has 0 unspecified atom stereocenters. The highest BCUT2D eigenvalue weighted by Crippen LogP contribution is 2.59. The van der Waals surface area contributed by atoms with E-state index in [9.17, 15) is 0 Å². The molecule has 0 spiro atoms. The number of thiophene rings is 1. The molecule has 0 amide bonds. The molecular weight excluding hydrogens is 949 g/mol. The first-order chi connectivity index (χ1) is 38.2. The van der Waals surface area contributed by atoms with Gasteiger partial charge in [0.25, 0.3) is 0 Å². The van der Waals surface area contributed by atoms with Gasteiger partial charge in [-0.25, -0.2) is 0 Å². The molecule has 16 rings (SSSR count). The zero-order chi connectivity index (χ0) is 50.7. The van der Waals surface area contributed by atoms with Gasteiger partial charge in [0, 0.05) is 53.7 Å². The number of hydrogen-bond acceptors (Lipinski definition) is 2. The second-order valence-corrected chi connectivity index (χ2v) is 21.8. The van der Waals surface area contributed by atoms with Crippen molar-refractivity contribution in [3.05, 3.63) is 336 Å². The van der Waals surface area contributed by atoms with E-state index in [1.807, 2.05) is 11.3 Å². The summed E-state index contributed by atoms with van der Waals surface area (Å²) in [5, 5.41) is 4.97. The molecule has 0 bridgehead atoms. The first-order valence-corrected chi connectivity index (χ1v) is 27.5. The fraction of sp³-hybridized carbons (Fsp3) is 0.0270. The molecule has 2 aromatic heterocycles. The maximum Gasteiger partial charge on any atom is 0.0714 e. The molecule has 0 fully saturated rings. The minimum atomic E-state index is -0.554. The number of benzene rings is 12. The zero-order valence-corrected chi connectivity index (χ0v) is 42.8. The number of hydrogen-bond donors (Lipinski definition) is 0. The van der Waals surface area contributed by atoms with E-state index in [0.717, 1.165) is 28.3 Å². The van der Waals surface area contributed by atoms with Gasteiger partial charge in [-0.15, -0.1) is 11.3 Å². The molecule has 14 aromatic rings. The van der Waals surface area contributed by atoms with Crippen molar-refractivity contribution in [2.75, 3.05) is 4.90 Å². The van der Waals surface area contributed by atoms with Crippen molar-refractivity contribution in [2.45, 2.75) is 10.8 Å². The Hall–Kier alpha value is -9.54. The van der Waals surface area contributed by atoms with E-state index in [0.29, 0.717) is 0 Å². The maximum absolute atomic E-state index is 2.51. The van der Waals surface area contributed by atoms with Crippen LogP contribution >= 0.6 is 11.3 Å². The topological polar surface area (TPSA) is 8.17 Å². The van der Waals surface area contributed by atoms with E-state index in [2.05, 4.69) is 301 Å². The fourth-order valence-corrected chi connectivity index (χ4v) is 15.0. The predicted molar refractivity (Wildman–Crippen MR) is 323 cm³/mol. The van der Waals surface area contributed by atoms with Crippen LogP contribution in [0, 0.1) is 0 Å². The van der Waals surface area contributed by atoms with Crippen LogP contribution in [0.25, 0.3) is 69.9 Å². The second-order valence-electron chi connectivity index (χ2n) is 20.7. The quantitative estimate of drug-likeness (QED) is 0.147. The molecule has 3 heteroatoms. The minimum Gasteiger partial charge on any atom is -0.310 e. The molecule has 2 aliphatic rings. The van der Waals surface area contributed by atoms with Gasteiger partial charge in [-0.05, 0) is 140 Å². The fourth-order valence-electron chi connectivity index (χ4n) is 13.8. The molecule has 0 saturated carbocycles. The number of fused-ring (bicyclic) bond motifs is 12. The summed E-state index contributed by atoms with van der Waals surface area (Å²) in [5.41, 5.74) is 20.9. The molecule has 77 heavy (non-hydrogen) atoms. The van der Waals surface area contributed by atoms with Gasteiger partial charge in [-0.2, -0.15) is 0 Å². The van der Waals surface area contributed by atoms with Crippen LogP contribution in [0.1, 0.15) is 44.5 Å². The lowest BCUT2D eigenvalue weighted by atomic mass is 9.67. The van der Waals surface area contributed by atoms with Gasteiger partial charge in [0.15, 0.2) is 0 Å². The second kappa shape index (κ2) is 17.0. The van der Waals surface area contributed by atoms with E-state index in [1.165, 1.54) is 103 Å². The van der Waals surface area contributed by atoms with Gasteiger partial charge < -0.3 is 9.47 Å². The Kier molecular flexibility index (Phi) is 9.67. The van der Waals surface area contributed by atoms with Gasteiger partial charge >= 0.3 is 0 Å². The van der Waals surface area contributed by atoms with Crippen molar-refractivity contribution in [1.29, 1.82) is 0 Å². The first-order valence-electron chi connectivity index (χ1n) is 26.7. The number of anilines is 3. The summed E-state index contributed by atoms with van der Waals surface area (Å²) in [7, 11) is 0. The van der Waals surface area contributed by atoms with Crippen LogP contribution in [0.3, 0.4) is 0 Å². The lowest BCUT2D eigenvalue weighted by Gasteiger charge is -2.35. The molecular formula is C74H48N2S. The average Bonchev–Trinajstić information content (AvgIpc) is 4.19. The lowest BCUT2D eigenvalue weighted by molar-refractivity contribution is 0.768. The molecule has 2 heterocycles. The Bertz CT molecular complexity index is 4540. The van der Waals surface area contributed by atoms with Crippen LogP contribution in [-0.4, -0.2) is 4.57 Å². The van der Waals surface area contributed by atoms with E-state index in [-0.39, 0.29) is 0 Å². The molecule has 0 radical (unpaired) electrons. The Labute approximate surface area is 451 Å². The third kappa shape index (κ3) is 6.23. The molecule has 0 saturated heterocycles. The Morgan fingerprint density at radius 2 is 0.701 bits per heavy atom. The lowest BCUT2D eigenvalue weighted by Crippen LogP contribution is -2.28. The smallest absolute Gasteiger partial charge is 0.0714 e. The van der Waals surface area contributed by atoms with Crippen LogP contribution in [0.5, 0.6) is 0 Å². The zero-order valence-electron chi connectivity index (χ0n) is 42.0. The predicted octanol–water partition coefficient (Wildman–Crippen LogP) is 19.3. The summed E-state index contributed by atoms with van der Waals surface area (Å²) in [6, 6.07) is 109. The number of aromatic nitrogens is 1. The monoisotopic (exact) mass is 996 g/mol. The third-order valence-corrected chi connectivity index (χ3v) is 18.1. The highest BCUT2D eigenvalue weighted by atomic mass is 32.1. The minimum absolute atomic E-state index is 0.543. The van der Waals surface area contributed by atoms with Crippen LogP contribution < -0.4 is 4.90 Å². The summed E-state index contributed by atoms with van der Waals surface area (Å²) in [4.78, 5) is 2.51. The van der Waals surface area contributed by atoms with Crippen LogP contribution in [0.4, 0.5) is 17.1 Å². The van der Waals surface area contributed by atoms with Crippen molar-refractivity contribution in [2.24, 2.45) is 0 Å². The van der Waals surface area contributed by atoms with Crippen molar-refractivity contribution >= 4 is 70.4 Å². The summed E-state index contributed by atoms with van der Waals surface area (Å²) in [6.45, 7) is 0. The van der Waals surface area contributed by atoms with Crippen molar-refractivity contribution in [3.63, 3.8) is 0 Å². The maximum atomic E-state index is 2.51. The van der Waals surface area contributed by atoms with Crippen molar-refractivity contribution in [1.82, 2.24) is 4.57 Å². The van der Waals surface area contributed by atoms with E-state index in [1.54, 1.807) is 0 Å². The number of rotatable bonds is 8. The molecule has 2 nitrogen and oxygen atoms in total. The molecule has 12 aromatic carbocycles. The molecule has 360 valence electrons.